The van der Waals surface area contributed by atoms with Crippen molar-refractivity contribution in [2.75, 3.05) is 37.7 Å². The number of hydrogen-bond donors (Lipinski definition) is 0. The maximum atomic E-state index is 6.37. The Morgan fingerprint density at radius 1 is 1.19 bits per heavy atom. The highest BCUT2D eigenvalue weighted by molar-refractivity contribution is 7.20. The van der Waals surface area contributed by atoms with E-state index >= 15 is 0 Å². The van der Waals surface area contributed by atoms with Crippen molar-refractivity contribution < 1.29 is 4.74 Å². The van der Waals surface area contributed by atoms with Crippen molar-refractivity contribution in [1.29, 1.82) is 0 Å². The van der Waals surface area contributed by atoms with E-state index in [1.807, 2.05) is 17.6 Å². The molecule has 1 aromatic carbocycles. The number of rotatable bonds is 3. The van der Waals surface area contributed by atoms with Crippen molar-refractivity contribution in [3.8, 4) is 0 Å². The topological polar surface area (TPSA) is 45.9 Å². The van der Waals surface area contributed by atoms with Gasteiger partial charge in [0.05, 0.1) is 30.6 Å². The van der Waals surface area contributed by atoms with E-state index in [0.717, 1.165) is 68.0 Å². The van der Waals surface area contributed by atoms with Crippen LogP contribution in [0.2, 0.25) is 0 Å². The molecule has 5 rings (SSSR count). The Morgan fingerprint density at radius 3 is 2.93 bits per heavy atom. The highest BCUT2D eigenvalue weighted by Gasteiger charge is 2.41. The van der Waals surface area contributed by atoms with Gasteiger partial charge in [0.1, 0.15) is 0 Å². The molecule has 0 radical (unpaired) electrons. The van der Waals surface area contributed by atoms with E-state index < -0.39 is 0 Å². The number of ether oxygens (including phenoxy) is 1. The SMILES string of the molecule is Cc1cn2nc(N3CCCC4(CN(Cc5ccccc5)CCO4)C3)sc2n1. The predicted molar refractivity (Wildman–Crippen MR) is 107 cm³/mol. The van der Waals surface area contributed by atoms with Crippen molar-refractivity contribution in [1.82, 2.24) is 19.5 Å². The van der Waals surface area contributed by atoms with Crippen LogP contribution in [0.15, 0.2) is 36.5 Å². The van der Waals surface area contributed by atoms with E-state index in [-0.39, 0.29) is 5.60 Å². The summed E-state index contributed by atoms with van der Waals surface area (Å²) in [6.45, 7) is 7.75. The molecule has 2 saturated heterocycles. The monoisotopic (exact) mass is 383 g/mol. The second kappa shape index (κ2) is 6.89. The highest BCUT2D eigenvalue weighted by atomic mass is 32.1. The number of imidazole rings is 1. The van der Waals surface area contributed by atoms with Crippen LogP contribution in [0.3, 0.4) is 0 Å². The lowest BCUT2D eigenvalue weighted by molar-refractivity contribution is -0.116. The third kappa shape index (κ3) is 3.47. The molecule has 7 heteroatoms. The molecular formula is C20H25N5OS. The molecule has 3 aromatic rings. The predicted octanol–water partition coefficient (Wildman–Crippen LogP) is 2.97. The van der Waals surface area contributed by atoms with Crippen LogP contribution < -0.4 is 4.90 Å². The average Bonchev–Trinajstić information content (AvgIpc) is 3.20. The maximum Gasteiger partial charge on any atom is 0.214 e. The van der Waals surface area contributed by atoms with E-state index in [2.05, 4.69) is 45.1 Å². The lowest BCUT2D eigenvalue weighted by atomic mass is 9.90. The van der Waals surface area contributed by atoms with E-state index in [9.17, 15) is 0 Å². The van der Waals surface area contributed by atoms with E-state index in [1.165, 1.54) is 5.56 Å². The quantitative estimate of drug-likeness (QED) is 0.696. The number of aromatic nitrogens is 3. The molecular weight excluding hydrogens is 358 g/mol. The summed E-state index contributed by atoms with van der Waals surface area (Å²) in [5.74, 6) is 0. The average molecular weight is 384 g/mol. The summed E-state index contributed by atoms with van der Waals surface area (Å²) < 4.78 is 8.27. The van der Waals surface area contributed by atoms with Gasteiger partial charge in [-0.2, -0.15) is 0 Å². The van der Waals surface area contributed by atoms with Gasteiger partial charge in [-0.1, -0.05) is 41.7 Å². The fourth-order valence-electron chi connectivity index (χ4n) is 4.33. The number of benzene rings is 1. The molecule has 142 valence electrons. The first kappa shape index (κ1) is 17.2. The summed E-state index contributed by atoms with van der Waals surface area (Å²) >= 11 is 1.67. The van der Waals surface area contributed by atoms with Gasteiger partial charge in [-0.25, -0.2) is 9.50 Å². The number of aryl methyl sites for hydroxylation is 1. The van der Waals surface area contributed by atoms with Crippen LogP contribution in [-0.4, -0.2) is 57.9 Å². The number of piperidine rings is 1. The fourth-order valence-corrected chi connectivity index (χ4v) is 5.29. The zero-order valence-corrected chi connectivity index (χ0v) is 16.5. The summed E-state index contributed by atoms with van der Waals surface area (Å²) in [4.78, 5) is 10.4. The largest absolute Gasteiger partial charge is 0.370 e. The van der Waals surface area contributed by atoms with Gasteiger partial charge in [-0.15, -0.1) is 5.10 Å². The standard InChI is InChI=1S/C20H25N5OS/c1-16-12-25-18(21-16)27-19(22-25)24-9-5-8-20(15-24)14-23(10-11-26-20)13-17-6-3-2-4-7-17/h2-4,6-7,12H,5,8-11,13-15H2,1H3. The molecule has 0 bridgehead atoms. The summed E-state index contributed by atoms with van der Waals surface area (Å²) in [7, 11) is 0. The molecule has 2 aliphatic rings. The number of nitrogens with zero attached hydrogens (tertiary/aromatic N) is 5. The summed E-state index contributed by atoms with van der Waals surface area (Å²) in [6, 6.07) is 10.7. The van der Waals surface area contributed by atoms with Gasteiger partial charge < -0.3 is 9.64 Å². The van der Waals surface area contributed by atoms with Gasteiger partial charge in [0, 0.05) is 26.2 Å². The molecule has 4 heterocycles. The van der Waals surface area contributed by atoms with Gasteiger partial charge >= 0.3 is 0 Å². The minimum Gasteiger partial charge on any atom is -0.370 e. The molecule has 0 aliphatic carbocycles. The molecule has 0 amide bonds. The Balaban J connectivity index is 1.32. The Hall–Kier alpha value is -1.96. The lowest BCUT2D eigenvalue weighted by Gasteiger charge is -2.48. The molecule has 0 N–H and O–H groups in total. The minimum atomic E-state index is -0.0883. The van der Waals surface area contributed by atoms with Gasteiger partial charge in [0.2, 0.25) is 10.1 Å². The van der Waals surface area contributed by atoms with E-state index in [0.29, 0.717) is 0 Å². The van der Waals surface area contributed by atoms with Gasteiger partial charge in [0.25, 0.3) is 0 Å². The molecule has 6 nitrogen and oxygen atoms in total. The van der Waals surface area contributed by atoms with Crippen LogP contribution in [0.4, 0.5) is 5.13 Å². The van der Waals surface area contributed by atoms with Crippen LogP contribution in [0.1, 0.15) is 24.1 Å². The van der Waals surface area contributed by atoms with Gasteiger partial charge in [-0.3, -0.25) is 4.90 Å². The van der Waals surface area contributed by atoms with Crippen molar-refractivity contribution in [2.45, 2.75) is 31.9 Å². The zero-order valence-electron chi connectivity index (χ0n) is 15.7. The summed E-state index contributed by atoms with van der Waals surface area (Å²) in [5.41, 5.74) is 2.30. The smallest absolute Gasteiger partial charge is 0.214 e. The number of hydrogen-bond acceptors (Lipinski definition) is 6. The summed E-state index contributed by atoms with van der Waals surface area (Å²) in [6.07, 6.45) is 4.25. The first-order chi connectivity index (χ1) is 13.2. The summed E-state index contributed by atoms with van der Waals surface area (Å²) in [5, 5.41) is 5.81. The molecule has 1 atom stereocenters. The second-order valence-electron chi connectivity index (χ2n) is 7.75. The van der Waals surface area contributed by atoms with Crippen LogP contribution in [-0.2, 0) is 11.3 Å². The van der Waals surface area contributed by atoms with Crippen molar-refractivity contribution >= 4 is 21.4 Å². The lowest BCUT2D eigenvalue weighted by Crippen LogP contribution is -2.59. The number of morpholine rings is 1. The third-order valence-corrected chi connectivity index (χ3v) is 6.52. The van der Waals surface area contributed by atoms with Gasteiger partial charge in [-0.05, 0) is 25.3 Å². The molecule has 0 saturated carbocycles. The van der Waals surface area contributed by atoms with E-state index in [4.69, 9.17) is 9.84 Å². The van der Waals surface area contributed by atoms with E-state index in [1.54, 1.807) is 11.3 Å². The van der Waals surface area contributed by atoms with Crippen molar-refractivity contribution in [3.05, 3.63) is 47.8 Å². The first-order valence-electron chi connectivity index (χ1n) is 9.67. The molecule has 2 aliphatic heterocycles. The van der Waals surface area contributed by atoms with Crippen LogP contribution in [0, 0.1) is 6.92 Å². The van der Waals surface area contributed by atoms with Crippen LogP contribution in [0.5, 0.6) is 0 Å². The molecule has 1 unspecified atom stereocenters. The molecule has 2 fully saturated rings. The Kier molecular flexibility index (Phi) is 4.38. The Morgan fingerprint density at radius 2 is 2.07 bits per heavy atom. The normalized spacial score (nSPS) is 24.1. The third-order valence-electron chi connectivity index (χ3n) is 5.54. The number of anilines is 1. The van der Waals surface area contributed by atoms with Crippen molar-refractivity contribution in [2.24, 2.45) is 0 Å². The molecule has 2 aromatic heterocycles. The molecule has 1 spiro atoms. The van der Waals surface area contributed by atoms with Crippen molar-refractivity contribution in [3.63, 3.8) is 0 Å². The fraction of sp³-hybridized carbons (Fsp3) is 0.500. The second-order valence-corrected chi connectivity index (χ2v) is 8.68. The zero-order chi connectivity index (χ0) is 18.3. The Bertz CT molecular complexity index is 888. The number of fused-ring (bicyclic) bond motifs is 1. The van der Waals surface area contributed by atoms with Crippen LogP contribution >= 0.6 is 11.3 Å². The first-order valence-corrected chi connectivity index (χ1v) is 10.5. The Labute approximate surface area is 163 Å². The maximum absolute atomic E-state index is 6.37. The van der Waals surface area contributed by atoms with Crippen LogP contribution in [0.25, 0.3) is 4.96 Å². The molecule has 27 heavy (non-hydrogen) atoms. The minimum absolute atomic E-state index is 0.0883. The highest BCUT2D eigenvalue weighted by Crippen LogP contribution is 2.33. The van der Waals surface area contributed by atoms with Gasteiger partial charge in [0.15, 0.2) is 0 Å².